The largest absolute Gasteiger partial charge is 0.384 e. The van der Waals surface area contributed by atoms with Gasteiger partial charge in [-0.3, -0.25) is 4.99 Å². The molecule has 0 spiro atoms. The minimum Gasteiger partial charge on any atom is -0.384 e. The summed E-state index contributed by atoms with van der Waals surface area (Å²) in [5, 5.41) is 10.5. The first kappa shape index (κ1) is 13.2. The van der Waals surface area contributed by atoms with Crippen molar-refractivity contribution < 1.29 is 5.11 Å². The Balaban J connectivity index is 0.00000128. The number of aliphatic hydroxyl groups is 1. The van der Waals surface area contributed by atoms with Crippen molar-refractivity contribution in [3.8, 4) is 0 Å². The zero-order valence-electron chi connectivity index (χ0n) is 9.52. The lowest BCUT2D eigenvalue weighted by Gasteiger charge is -2.24. The van der Waals surface area contributed by atoms with Crippen LogP contribution in [0, 0.1) is 0 Å². The summed E-state index contributed by atoms with van der Waals surface area (Å²) in [5.41, 5.74) is 1.21. The summed E-state index contributed by atoms with van der Waals surface area (Å²) in [6.07, 6.45) is 3.88. The van der Waals surface area contributed by atoms with Gasteiger partial charge in [0.15, 0.2) is 0 Å². The maximum Gasteiger partial charge on any atom is 0.107 e. The molecular weight excluding hydrogens is 222 g/mol. The quantitative estimate of drug-likeness (QED) is 0.791. The van der Waals surface area contributed by atoms with Gasteiger partial charge in [0, 0.05) is 7.05 Å². The van der Waals surface area contributed by atoms with E-state index in [-0.39, 0.29) is 12.4 Å². The molecule has 1 aromatic rings. The van der Waals surface area contributed by atoms with Crippen molar-refractivity contribution in [1.82, 2.24) is 0 Å². The van der Waals surface area contributed by atoms with Gasteiger partial charge in [0.05, 0.1) is 5.71 Å². The van der Waals surface area contributed by atoms with Gasteiger partial charge in [0.25, 0.3) is 0 Å². The summed E-state index contributed by atoms with van der Waals surface area (Å²) < 4.78 is 0. The van der Waals surface area contributed by atoms with Crippen molar-refractivity contribution in [2.24, 2.45) is 4.99 Å². The van der Waals surface area contributed by atoms with E-state index in [0.29, 0.717) is 0 Å². The summed E-state index contributed by atoms with van der Waals surface area (Å²) in [5.74, 6) is 0. The van der Waals surface area contributed by atoms with Crippen LogP contribution in [0.5, 0.6) is 0 Å². The third-order valence-corrected chi connectivity index (χ3v) is 3.14. The topological polar surface area (TPSA) is 32.6 Å². The smallest absolute Gasteiger partial charge is 0.107 e. The summed E-state index contributed by atoms with van der Waals surface area (Å²) in [7, 11) is 1.76. The van der Waals surface area contributed by atoms with Crippen LogP contribution in [0.4, 0.5) is 0 Å². The van der Waals surface area contributed by atoms with E-state index in [1.54, 1.807) is 7.05 Å². The van der Waals surface area contributed by atoms with Gasteiger partial charge in [0.1, 0.15) is 5.60 Å². The van der Waals surface area contributed by atoms with Crippen LogP contribution in [0.25, 0.3) is 0 Å². The van der Waals surface area contributed by atoms with Crippen LogP contribution in [0.2, 0.25) is 0 Å². The van der Waals surface area contributed by atoms with Crippen LogP contribution in [0.3, 0.4) is 0 Å². The fourth-order valence-electron chi connectivity index (χ4n) is 2.40. The van der Waals surface area contributed by atoms with Crippen LogP contribution < -0.4 is 0 Å². The molecule has 88 valence electrons. The van der Waals surface area contributed by atoms with Crippen LogP contribution in [-0.4, -0.2) is 23.5 Å². The summed E-state index contributed by atoms with van der Waals surface area (Å²) >= 11 is 0. The molecule has 1 aromatic carbocycles. The molecule has 2 nitrogen and oxygen atoms in total. The number of rotatable bonds is 2. The third-order valence-electron chi connectivity index (χ3n) is 3.14. The van der Waals surface area contributed by atoms with E-state index < -0.39 is 5.60 Å². The van der Waals surface area contributed by atoms with E-state index in [9.17, 15) is 5.11 Å². The summed E-state index contributed by atoms with van der Waals surface area (Å²) in [6, 6.07) is 9.98. The average molecular weight is 240 g/mol. The van der Waals surface area contributed by atoms with Gasteiger partial charge in [0.2, 0.25) is 0 Å². The highest BCUT2D eigenvalue weighted by Crippen LogP contribution is 2.32. The molecule has 0 amide bonds. The fourth-order valence-corrected chi connectivity index (χ4v) is 2.40. The molecule has 16 heavy (non-hydrogen) atoms. The number of aliphatic imine (C=N–C) groups is 1. The fraction of sp³-hybridized carbons (Fsp3) is 0.462. The zero-order chi connectivity index (χ0) is 10.7. The number of hydrogen-bond acceptors (Lipinski definition) is 2. The van der Waals surface area contributed by atoms with E-state index >= 15 is 0 Å². The lowest BCUT2D eigenvalue weighted by Crippen LogP contribution is -2.36. The van der Waals surface area contributed by atoms with Crippen LogP contribution in [0.1, 0.15) is 31.2 Å². The number of halogens is 1. The van der Waals surface area contributed by atoms with E-state index in [2.05, 4.69) is 4.99 Å². The molecule has 3 heteroatoms. The highest BCUT2D eigenvalue weighted by molar-refractivity contribution is 6.06. The molecule has 0 heterocycles. The lowest BCUT2D eigenvalue weighted by molar-refractivity contribution is 0.121. The van der Waals surface area contributed by atoms with E-state index in [1.165, 1.54) is 0 Å². The van der Waals surface area contributed by atoms with Crippen molar-refractivity contribution >= 4 is 18.1 Å². The van der Waals surface area contributed by atoms with Gasteiger partial charge in [-0.25, -0.2) is 0 Å². The molecular formula is C13H18ClNO. The number of nitrogens with zero attached hydrogens (tertiary/aromatic N) is 1. The van der Waals surface area contributed by atoms with Gasteiger partial charge in [-0.1, -0.05) is 43.2 Å². The normalized spacial score (nSPS) is 19.2. The Morgan fingerprint density at radius 1 is 1.19 bits per heavy atom. The first-order valence-electron chi connectivity index (χ1n) is 5.51. The van der Waals surface area contributed by atoms with Gasteiger partial charge in [-0.2, -0.15) is 0 Å². The van der Waals surface area contributed by atoms with Crippen molar-refractivity contribution in [3.63, 3.8) is 0 Å². The highest BCUT2D eigenvalue weighted by atomic mass is 35.5. The molecule has 1 fully saturated rings. The first-order valence-corrected chi connectivity index (χ1v) is 5.51. The van der Waals surface area contributed by atoms with E-state index in [4.69, 9.17) is 0 Å². The maximum absolute atomic E-state index is 10.5. The van der Waals surface area contributed by atoms with Crippen LogP contribution in [-0.2, 0) is 0 Å². The van der Waals surface area contributed by atoms with Crippen molar-refractivity contribution in [3.05, 3.63) is 35.9 Å². The predicted octanol–water partition coefficient (Wildman–Crippen LogP) is 2.83. The second-order valence-electron chi connectivity index (χ2n) is 4.18. The number of hydrogen-bond donors (Lipinski definition) is 1. The first-order chi connectivity index (χ1) is 7.26. The van der Waals surface area contributed by atoms with Gasteiger partial charge in [-0.15, -0.1) is 12.4 Å². The van der Waals surface area contributed by atoms with Gasteiger partial charge >= 0.3 is 0 Å². The Labute approximate surface area is 103 Å². The molecule has 1 aliphatic carbocycles. The molecule has 0 radical (unpaired) electrons. The summed E-state index contributed by atoms with van der Waals surface area (Å²) in [6.45, 7) is 0. The third kappa shape index (κ3) is 2.45. The minimum absolute atomic E-state index is 0. The second kappa shape index (κ2) is 5.46. The highest BCUT2D eigenvalue weighted by Gasteiger charge is 2.36. The SMILES string of the molecule is CN=C(c1ccccc1)C1(O)CCCC1.Cl. The molecule has 0 atom stereocenters. The molecule has 1 aliphatic rings. The molecule has 2 rings (SSSR count). The molecule has 0 aliphatic heterocycles. The Bertz CT molecular complexity index is 355. The minimum atomic E-state index is -0.684. The van der Waals surface area contributed by atoms with Gasteiger partial charge in [-0.05, 0) is 18.4 Å². The lowest BCUT2D eigenvalue weighted by atomic mass is 9.90. The Kier molecular flexibility index (Phi) is 4.51. The Hall–Kier alpha value is -0.860. The monoisotopic (exact) mass is 239 g/mol. The Morgan fingerprint density at radius 2 is 1.75 bits per heavy atom. The Morgan fingerprint density at radius 3 is 2.25 bits per heavy atom. The molecule has 0 aromatic heterocycles. The van der Waals surface area contributed by atoms with Crippen LogP contribution >= 0.6 is 12.4 Å². The summed E-state index contributed by atoms with van der Waals surface area (Å²) in [4.78, 5) is 4.28. The van der Waals surface area contributed by atoms with Crippen molar-refractivity contribution in [1.29, 1.82) is 0 Å². The number of benzene rings is 1. The van der Waals surface area contributed by atoms with Crippen LogP contribution in [0.15, 0.2) is 35.3 Å². The maximum atomic E-state index is 10.5. The van der Waals surface area contributed by atoms with Gasteiger partial charge < -0.3 is 5.11 Å². The molecule has 1 N–H and O–H groups in total. The molecule has 0 saturated heterocycles. The van der Waals surface area contributed by atoms with E-state index in [0.717, 1.165) is 37.0 Å². The molecule has 0 bridgehead atoms. The predicted molar refractivity (Wildman–Crippen MR) is 69.6 cm³/mol. The van der Waals surface area contributed by atoms with Crippen molar-refractivity contribution in [2.45, 2.75) is 31.3 Å². The average Bonchev–Trinajstić information content (AvgIpc) is 2.68. The van der Waals surface area contributed by atoms with Crippen molar-refractivity contribution in [2.75, 3.05) is 7.05 Å². The van der Waals surface area contributed by atoms with E-state index in [1.807, 2.05) is 30.3 Å². The molecule has 0 unspecified atom stereocenters. The molecule has 1 saturated carbocycles. The second-order valence-corrected chi connectivity index (χ2v) is 4.18. The zero-order valence-corrected chi connectivity index (χ0v) is 10.3. The standard InChI is InChI=1S/C13H17NO.ClH/c1-14-12(11-7-3-2-4-8-11)13(15)9-5-6-10-13;/h2-4,7-8,15H,5-6,9-10H2,1H3;1H.